The van der Waals surface area contributed by atoms with E-state index in [0.29, 0.717) is 11.3 Å². The molecule has 2 amide bonds. The third kappa shape index (κ3) is 2.77. The summed E-state index contributed by atoms with van der Waals surface area (Å²) >= 11 is 0. The number of H-pyrrole nitrogens is 1. The largest absolute Gasteiger partial charge is 0.350 e. The maximum atomic E-state index is 12.3. The molecule has 2 aromatic rings. The number of hydrazone groups is 1. The number of benzene rings is 1. The van der Waals surface area contributed by atoms with Gasteiger partial charge in [-0.1, -0.05) is 12.1 Å². The summed E-state index contributed by atoms with van der Waals surface area (Å²) in [5.41, 5.74) is 9.49. The van der Waals surface area contributed by atoms with Gasteiger partial charge < -0.3 is 5.73 Å². The first-order chi connectivity index (χ1) is 9.49. The molecule has 0 unspecified atom stereocenters. The highest BCUT2D eigenvalue weighted by atomic mass is 16.2. The quantitative estimate of drug-likeness (QED) is 0.568. The van der Waals surface area contributed by atoms with Crippen molar-refractivity contribution in [2.24, 2.45) is 10.8 Å². The predicted octanol–water partition coefficient (Wildman–Crippen LogP) is 0.785. The van der Waals surface area contributed by atoms with Crippen molar-refractivity contribution in [1.82, 2.24) is 15.2 Å². The SMILES string of the molecule is Cc1cccc(-n2[nH]c(C)c(C=NNC(N)=O)c2=O)c1. The van der Waals surface area contributed by atoms with E-state index in [-0.39, 0.29) is 5.56 Å². The summed E-state index contributed by atoms with van der Waals surface area (Å²) in [5, 5.41) is 6.57. The standard InChI is InChI=1S/C13H15N5O2/c1-8-4-3-5-10(6-8)18-12(19)11(9(2)17-18)7-15-16-13(14)20/h3-7,17H,1-2H3,(H3,14,16,20). The Labute approximate surface area is 115 Å². The highest BCUT2D eigenvalue weighted by molar-refractivity contribution is 5.82. The van der Waals surface area contributed by atoms with Gasteiger partial charge in [0.05, 0.1) is 17.5 Å². The molecule has 0 bridgehead atoms. The average Bonchev–Trinajstić information content (AvgIpc) is 2.66. The average molecular weight is 273 g/mol. The van der Waals surface area contributed by atoms with Crippen LogP contribution in [0.5, 0.6) is 0 Å². The normalized spacial score (nSPS) is 10.9. The first-order valence-electron chi connectivity index (χ1n) is 5.96. The van der Waals surface area contributed by atoms with Gasteiger partial charge in [0, 0.05) is 5.69 Å². The minimum Gasteiger partial charge on any atom is -0.350 e. The monoisotopic (exact) mass is 273 g/mol. The second-order valence-corrected chi connectivity index (χ2v) is 4.36. The van der Waals surface area contributed by atoms with Crippen LogP contribution in [-0.2, 0) is 0 Å². The van der Waals surface area contributed by atoms with Crippen molar-refractivity contribution in [3.8, 4) is 5.69 Å². The number of nitrogens with one attached hydrogen (secondary N) is 2. The van der Waals surface area contributed by atoms with Crippen molar-refractivity contribution in [2.45, 2.75) is 13.8 Å². The van der Waals surface area contributed by atoms with Gasteiger partial charge in [-0.3, -0.25) is 9.89 Å². The number of amides is 2. The first kappa shape index (κ1) is 13.6. The zero-order chi connectivity index (χ0) is 14.7. The lowest BCUT2D eigenvalue weighted by molar-refractivity contribution is 0.249. The smallest absolute Gasteiger partial charge is 0.332 e. The Balaban J connectivity index is 2.41. The third-order valence-electron chi connectivity index (χ3n) is 2.75. The van der Waals surface area contributed by atoms with Crippen molar-refractivity contribution in [3.05, 3.63) is 51.4 Å². The highest BCUT2D eigenvalue weighted by Crippen LogP contribution is 2.08. The van der Waals surface area contributed by atoms with Crippen molar-refractivity contribution in [1.29, 1.82) is 0 Å². The van der Waals surface area contributed by atoms with E-state index in [1.165, 1.54) is 10.9 Å². The summed E-state index contributed by atoms with van der Waals surface area (Å²) in [6.45, 7) is 3.70. The van der Waals surface area contributed by atoms with Crippen LogP contribution in [-0.4, -0.2) is 22.0 Å². The van der Waals surface area contributed by atoms with Gasteiger partial charge in [-0.05, 0) is 31.5 Å². The van der Waals surface area contributed by atoms with Crippen LogP contribution in [0.15, 0.2) is 34.2 Å². The van der Waals surface area contributed by atoms with E-state index in [2.05, 4.69) is 15.6 Å². The fourth-order valence-corrected chi connectivity index (χ4v) is 1.82. The van der Waals surface area contributed by atoms with Gasteiger partial charge in [0.1, 0.15) is 0 Å². The van der Waals surface area contributed by atoms with Crippen LogP contribution in [0.4, 0.5) is 4.79 Å². The predicted molar refractivity (Wildman–Crippen MR) is 76.2 cm³/mol. The van der Waals surface area contributed by atoms with Crippen LogP contribution >= 0.6 is 0 Å². The molecule has 0 aliphatic heterocycles. The minimum absolute atomic E-state index is 0.247. The van der Waals surface area contributed by atoms with Crippen molar-refractivity contribution in [2.75, 3.05) is 0 Å². The number of carbonyl (C=O) groups is 1. The number of nitrogens with zero attached hydrogens (tertiary/aromatic N) is 2. The third-order valence-corrected chi connectivity index (χ3v) is 2.75. The number of nitrogens with two attached hydrogens (primary N) is 1. The molecule has 7 heteroatoms. The van der Waals surface area contributed by atoms with Gasteiger partial charge >= 0.3 is 6.03 Å². The maximum absolute atomic E-state index is 12.3. The topological polar surface area (TPSA) is 105 Å². The lowest BCUT2D eigenvalue weighted by Crippen LogP contribution is -2.25. The summed E-state index contributed by atoms with van der Waals surface area (Å²) in [6.07, 6.45) is 1.27. The number of aryl methyl sites for hydroxylation is 2. The lowest BCUT2D eigenvalue weighted by Gasteiger charge is -2.02. The number of aromatic nitrogens is 2. The molecule has 0 spiro atoms. The van der Waals surface area contributed by atoms with E-state index in [0.717, 1.165) is 11.3 Å². The number of aromatic amines is 1. The van der Waals surface area contributed by atoms with E-state index in [4.69, 9.17) is 5.73 Å². The molecule has 0 saturated heterocycles. The molecule has 1 aromatic heterocycles. The first-order valence-corrected chi connectivity index (χ1v) is 5.96. The van der Waals surface area contributed by atoms with Crippen molar-refractivity contribution >= 4 is 12.2 Å². The number of rotatable bonds is 3. The Morgan fingerprint density at radius 3 is 2.85 bits per heavy atom. The highest BCUT2D eigenvalue weighted by Gasteiger charge is 2.10. The van der Waals surface area contributed by atoms with Gasteiger partial charge in [0.2, 0.25) is 0 Å². The van der Waals surface area contributed by atoms with E-state index in [9.17, 15) is 9.59 Å². The molecule has 7 nitrogen and oxygen atoms in total. The Morgan fingerprint density at radius 2 is 2.20 bits per heavy atom. The fourth-order valence-electron chi connectivity index (χ4n) is 1.82. The Morgan fingerprint density at radius 1 is 1.45 bits per heavy atom. The van der Waals surface area contributed by atoms with Gasteiger partial charge in [-0.2, -0.15) is 5.10 Å². The van der Waals surface area contributed by atoms with E-state index < -0.39 is 6.03 Å². The molecule has 0 atom stereocenters. The number of hydrogen-bond acceptors (Lipinski definition) is 3. The van der Waals surface area contributed by atoms with Gasteiger partial charge in [-0.25, -0.2) is 14.9 Å². The summed E-state index contributed by atoms with van der Waals surface area (Å²) < 4.78 is 1.42. The molecule has 0 radical (unpaired) electrons. The molecular formula is C13H15N5O2. The molecule has 1 aromatic carbocycles. The molecule has 0 aliphatic carbocycles. The molecule has 20 heavy (non-hydrogen) atoms. The zero-order valence-corrected chi connectivity index (χ0v) is 11.2. The maximum Gasteiger partial charge on any atom is 0.332 e. The number of primary amides is 1. The molecule has 0 fully saturated rings. The molecule has 0 saturated carbocycles. The molecule has 1 heterocycles. The number of urea groups is 1. The summed E-state index contributed by atoms with van der Waals surface area (Å²) in [5.74, 6) is 0. The van der Waals surface area contributed by atoms with Gasteiger partial charge in [0.25, 0.3) is 5.56 Å². The van der Waals surface area contributed by atoms with Crippen LogP contribution in [0, 0.1) is 13.8 Å². The fraction of sp³-hybridized carbons (Fsp3) is 0.154. The van der Waals surface area contributed by atoms with Crippen LogP contribution in [0.2, 0.25) is 0 Å². The second-order valence-electron chi connectivity index (χ2n) is 4.36. The van der Waals surface area contributed by atoms with Gasteiger partial charge in [-0.15, -0.1) is 0 Å². The zero-order valence-electron chi connectivity index (χ0n) is 11.2. The van der Waals surface area contributed by atoms with Crippen molar-refractivity contribution < 1.29 is 4.79 Å². The summed E-state index contributed by atoms with van der Waals surface area (Å²) in [4.78, 5) is 22.8. The molecular weight excluding hydrogens is 258 g/mol. The number of carbonyl (C=O) groups excluding carboxylic acids is 1. The summed E-state index contributed by atoms with van der Waals surface area (Å²) in [7, 11) is 0. The molecule has 2 rings (SSSR count). The van der Waals surface area contributed by atoms with Crippen LogP contribution in [0.3, 0.4) is 0 Å². The minimum atomic E-state index is -0.784. The number of hydrogen-bond donors (Lipinski definition) is 3. The van der Waals surface area contributed by atoms with Crippen LogP contribution < -0.4 is 16.7 Å². The van der Waals surface area contributed by atoms with E-state index in [1.54, 1.807) is 6.92 Å². The van der Waals surface area contributed by atoms with E-state index in [1.807, 2.05) is 31.2 Å². The van der Waals surface area contributed by atoms with Crippen molar-refractivity contribution in [3.63, 3.8) is 0 Å². The molecule has 4 N–H and O–H groups in total. The Kier molecular flexibility index (Phi) is 3.69. The second kappa shape index (κ2) is 5.43. The van der Waals surface area contributed by atoms with E-state index >= 15 is 0 Å². The Hall–Kier alpha value is -2.83. The molecule has 0 aliphatic rings. The lowest BCUT2D eigenvalue weighted by atomic mass is 10.2. The van der Waals surface area contributed by atoms with Crippen LogP contribution in [0.1, 0.15) is 16.8 Å². The summed E-state index contributed by atoms with van der Waals surface area (Å²) in [6, 6.07) is 6.75. The van der Waals surface area contributed by atoms with Crippen LogP contribution in [0.25, 0.3) is 5.69 Å². The molecule has 104 valence electrons. The van der Waals surface area contributed by atoms with Gasteiger partial charge in [0.15, 0.2) is 0 Å². The Bertz CT molecular complexity index is 727.